The van der Waals surface area contributed by atoms with Crippen molar-refractivity contribution in [1.82, 2.24) is 4.90 Å². The fourth-order valence-corrected chi connectivity index (χ4v) is 2.94. The van der Waals surface area contributed by atoms with E-state index in [1.807, 2.05) is 30.3 Å². The van der Waals surface area contributed by atoms with Crippen LogP contribution in [0.25, 0.3) is 0 Å². The van der Waals surface area contributed by atoms with Gasteiger partial charge in [-0.15, -0.1) is 0 Å². The third-order valence-corrected chi connectivity index (χ3v) is 4.39. The third kappa shape index (κ3) is 5.40. The van der Waals surface area contributed by atoms with E-state index in [1.54, 1.807) is 0 Å². The van der Waals surface area contributed by atoms with Crippen LogP contribution in [-0.2, 0) is 11.3 Å². The lowest BCUT2D eigenvalue weighted by Crippen LogP contribution is -2.46. The number of β-amino-alcohol motifs (C(OH)–C–C–N with tert-alkyl or cyclic N) is 1. The van der Waals surface area contributed by atoms with Crippen LogP contribution in [0.1, 0.15) is 18.9 Å². The van der Waals surface area contributed by atoms with Crippen LogP contribution in [0.2, 0.25) is 0 Å². The molecular weight excluding hydrogens is 264 g/mol. The normalized spacial score (nSPS) is 24.9. The van der Waals surface area contributed by atoms with Crippen molar-refractivity contribution in [3.63, 3.8) is 0 Å². The van der Waals surface area contributed by atoms with Gasteiger partial charge in [-0.05, 0) is 36.9 Å². The molecule has 1 aromatic rings. The molecule has 1 aromatic carbocycles. The summed E-state index contributed by atoms with van der Waals surface area (Å²) in [5, 5.41) is 10.1. The van der Waals surface area contributed by atoms with Gasteiger partial charge in [0.25, 0.3) is 0 Å². The number of aliphatic hydroxyl groups is 1. The summed E-state index contributed by atoms with van der Waals surface area (Å²) in [6.45, 7) is 6.67. The molecule has 0 amide bonds. The predicted molar refractivity (Wildman–Crippen MR) is 84.9 cm³/mol. The molecule has 21 heavy (non-hydrogen) atoms. The van der Waals surface area contributed by atoms with Gasteiger partial charge in [0.1, 0.15) is 0 Å². The Balaban J connectivity index is 1.66. The number of nitrogens with two attached hydrogens (primary N) is 1. The molecule has 1 heterocycles. The number of hydrogen-bond donors (Lipinski definition) is 2. The number of rotatable bonds is 7. The Hall–Kier alpha value is -0.940. The van der Waals surface area contributed by atoms with Gasteiger partial charge in [-0.3, -0.25) is 0 Å². The average molecular weight is 292 g/mol. The first-order valence-corrected chi connectivity index (χ1v) is 7.91. The van der Waals surface area contributed by atoms with Crippen LogP contribution in [-0.4, -0.2) is 48.9 Å². The van der Waals surface area contributed by atoms with Crippen molar-refractivity contribution < 1.29 is 9.84 Å². The van der Waals surface area contributed by atoms with Crippen LogP contribution < -0.4 is 5.73 Å². The monoisotopic (exact) mass is 292 g/mol. The highest BCUT2D eigenvalue weighted by atomic mass is 16.5. The summed E-state index contributed by atoms with van der Waals surface area (Å²) in [7, 11) is 0. The summed E-state index contributed by atoms with van der Waals surface area (Å²) >= 11 is 0. The molecule has 1 saturated heterocycles. The minimum Gasteiger partial charge on any atom is -0.389 e. The van der Waals surface area contributed by atoms with E-state index in [-0.39, 0.29) is 0 Å². The van der Waals surface area contributed by atoms with Gasteiger partial charge >= 0.3 is 0 Å². The summed E-state index contributed by atoms with van der Waals surface area (Å²) in [6.07, 6.45) is 0.736. The summed E-state index contributed by atoms with van der Waals surface area (Å²) in [6, 6.07) is 10.0. The van der Waals surface area contributed by atoms with Gasteiger partial charge in [0.15, 0.2) is 0 Å². The van der Waals surface area contributed by atoms with Crippen LogP contribution in [0.4, 0.5) is 0 Å². The Bertz CT molecular complexity index is 399. The van der Waals surface area contributed by atoms with Gasteiger partial charge < -0.3 is 20.5 Å². The van der Waals surface area contributed by atoms with Gasteiger partial charge in [0.05, 0.1) is 19.3 Å². The van der Waals surface area contributed by atoms with Gasteiger partial charge in [-0.2, -0.15) is 0 Å². The van der Waals surface area contributed by atoms with Crippen LogP contribution in [0.3, 0.4) is 0 Å². The maximum Gasteiger partial charge on any atom is 0.0900 e. The third-order valence-electron chi connectivity index (χ3n) is 4.39. The molecule has 2 rings (SSSR count). The summed E-state index contributed by atoms with van der Waals surface area (Å²) in [4.78, 5) is 2.31. The highest BCUT2D eigenvalue weighted by Crippen LogP contribution is 2.22. The highest BCUT2D eigenvalue weighted by molar-refractivity contribution is 5.13. The Kier molecular flexibility index (Phi) is 6.64. The lowest BCUT2D eigenvalue weighted by atomic mass is 9.87. The zero-order valence-corrected chi connectivity index (χ0v) is 12.9. The minimum atomic E-state index is -0.430. The zero-order valence-electron chi connectivity index (χ0n) is 12.9. The second-order valence-corrected chi connectivity index (χ2v) is 6.18. The maximum atomic E-state index is 10.1. The van der Waals surface area contributed by atoms with Crippen molar-refractivity contribution in [2.75, 3.05) is 32.8 Å². The van der Waals surface area contributed by atoms with Crippen molar-refractivity contribution in [3.8, 4) is 0 Å². The van der Waals surface area contributed by atoms with E-state index < -0.39 is 6.10 Å². The average Bonchev–Trinajstić information content (AvgIpc) is 2.50. The number of likely N-dealkylation sites (tertiary alicyclic amines) is 1. The van der Waals surface area contributed by atoms with Crippen LogP contribution >= 0.6 is 0 Å². The number of ether oxygens (including phenoxy) is 1. The molecule has 3 N–H and O–H groups in total. The van der Waals surface area contributed by atoms with Gasteiger partial charge in [-0.25, -0.2) is 0 Å². The van der Waals surface area contributed by atoms with Crippen molar-refractivity contribution in [3.05, 3.63) is 35.9 Å². The quantitative estimate of drug-likeness (QED) is 0.799. The first kappa shape index (κ1) is 16.4. The molecule has 0 radical (unpaired) electrons. The lowest BCUT2D eigenvalue weighted by Gasteiger charge is -2.37. The van der Waals surface area contributed by atoms with Crippen LogP contribution in [0.15, 0.2) is 30.3 Å². The van der Waals surface area contributed by atoms with E-state index >= 15 is 0 Å². The van der Waals surface area contributed by atoms with E-state index in [2.05, 4.69) is 11.8 Å². The molecule has 0 spiro atoms. The topological polar surface area (TPSA) is 58.7 Å². The van der Waals surface area contributed by atoms with E-state index in [1.165, 1.54) is 6.42 Å². The Morgan fingerprint density at radius 2 is 2.14 bits per heavy atom. The maximum absolute atomic E-state index is 10.1. The van der Waals surface area contributed by atoms with E-state index in [9.17, 15) is 5.11 Å². The smallest absolute Gasteiger partial charge is 0.0900 e. The summed E-state index contributed by atoms with van der Waals surface area (Å²) in [5.74, 6) is 1.24. The zero-order chi connectivity index (χ0) is 15.1. The number of nitrogens with zero attached hydrogens (tertiary/aromatic N) is 1. The van der Waals surface area contributed by atoms with E-state index in [0.717, 1.165) is 25.2 Å². The van der Waals surface area contributed by atoms with Crippen molar-refractivity contribution in [2.45, 2.75) is 26.1 Å². The van der Waals surface area contributed by atoms with Crippen LogP contribution in [0.5, 0.6) is 0 Å². The standard InChI is InChI=1S/C17H28N2O2/c1-14-7-8-19(10-16(14)9-18)11-17(20)13-21-12-15-5-3-2-4-6-15/h2-6,14,16-17,20H,7-13,18H2,1H3. The van der Waals surface area contributed by atoms with E-state index in [4.69, 9.17) is 10.5 Å². The van der Waals surface area contributed by atoms with Crippen molar-refractivity contribution >= 4 is 0 Å². The molecule has 4 heteroatoms. The largest absolute Gasteiger partial charge is 0.389 e. The van der Waals surface area contributed by atoms with Gasteiger partial charge in [-0.1, -0.05) is 37.3 Å². The molecule has 1 aliphatic heterocycles. The molecule has 1 aliphatic rings. The van der Waals surface area contributed by atoms with Crippen molar-refractivity contribution in [1.29, 1.82) is 0 Å². The Morgan fingerprint density at radius 3 is 2.86 bits per heavy atom. The number of benzene rings is 1. The lowest BCUT2D eigenvalue weighted by molar-refractivity contribution is -0.000910. The highest BCUT2D eigenvalue weighted by Gasteiger charge is 2.26. The molecular formula is C17H28N2O2. The summed E-state index contributed by atoms with van der Waals surface area (Å²) < 4.78 is 5.60. The number of piperidine rings is 1. The molecule has 0 aromatic heterocycles. The second kappa shape index (κ2) is 8.49. The predicted octanol–water partition coefficient (Wildman–Crippen LogP) is 1.48. The molecule has 3 unspecified atom stereocenters. The first-order valence-electron chi connectivity index (χ1n) is 7.91. The minimum absolute atomic E-state index is 0.383. The van der Waals surface area contributed by atoms with Gasteiger partial charge in [0.2, 0.25) is 0 Å². The molecule has 4 nitrogen and oxygen atoms in total. The summed E-state index contributed by atoms with van der Waals surface area (Å²) in [5.41, 5.74) is 6.96. The molecule has 0 saturated carbocycles. The Labute approximate surface area is 127 Å². The second-order valence-electron chi connectivity index (χ2n) is 6.18. The SMILES string of the molecule is CC1CCN(CC(O)COCc2ccccc2)CC1CN. The molecule has 3 atom stereocenters. The van der Waals surface area contributed by atoms with Crippen LogP contribution in [0, 0.1) is 11.8 Å². The molecule has 0 aliphatic carbocycles. The molecule has 118 valence electrons. The van der Waals surface area contributed by atoms with Crippen molar-refractivity contribution in [2.24, 2.45) is 17.6 Å². The first-order chi connectivity index (χ1) is 10.2. The van der Waals surface area contributed by atoms with Gasteiger partial charge in [0, 0.05) is 13.1 Å². The molecule has 0 bridgehead atoms. The number of hydrogen-bond acceptors (Lipinski definition) is 4. The fraction of sp³-hybridized carbons (Fsp3) is 0.647. The molecule has 1 fully saturated rings. The number of aliphatic hydroxyl groups excluding tert-OH is 1. The van der Waals surface area contributed by atoms with E-state index in [0.29, 0.717) is 31.6 Å². The Morgan fingerprint density at radius 1 is 1.38 bits per heavy atom. The fourth-order valence-electron chi connectivity index (χ4n) is 2.94.